The van der Waals surface area contributed by atoms with Crippen molar-refractivity contribution in [2.24, 2.45) is 5.41 Å². The highest BCUT2D eigenvalue weighted by atomic mass is 16.3. The van der Waals surface area contributed by atoms with Gasteiger partial charge in [0, 0.05) is 19.0 Å². The van der Waals surface area contributed by atoms with Crippen molar-refractivity contribution in [1.82, 2.24) is 4.90 Å². The Morgan fingerprint density at radius 1 is 1.47 bits per heavy atom. The third-order valence-electron chi connectivity index (χ3n) is 3.45. The number of nitrogens with zero attached hydrogens (tertiary/aromatic N) is 1. The van der Waals surface area contributed by atoms with Crippen LogP contribution in [0.3, 0.4) is 0 Å². The molecule has 3 nitrogen and oxygen atoms in total. The van der Waals surface area contributed by atoms with Gasteiger partial charge >= 0.3 is 0 Å². The van der Waals surface area contributed by atoms with E-state index in [4.69, 9.17) is 0 Å². The van der Waals surface area contributed by atoms with Gasteiger partial charge in [-0.1, -0.05) is 19.8 Å². The molecule has 0 saturated heterocycles. The lowest BCUT2D eigenvalue weighted by Crippen LogP contribution is -2.39. The lowest BCUT2D eigenvalue weighted by atomic mass is 9.87. The highest BCUT2D eigenvalue weighted by Gasteiger charge is 2.37. The molecular weight excluding hydrogens is 190 g/mol. The number of aliphatic hydroxyl groups excluding tert-OH is 1. The summed E-state index contributed by atoms with van der Waals surface area (Å²) in [6, 6.07) is 0. The van der Waals surface area contributed by atoms with Crippen LogP contribution in [0.5, 0.6) is 0 Å². The molecule has 0 aromatic carbocycles. The van der Waals surface area contributed by atoms with Crippen molar-refractivity contribution in [2.75, 3.05) is 13.6 Å². The van der Waals surface area contributed by atoms with Gasteiger partial charge in [0.2, 0.25) is 5.91 Å². The van der Waals surface area contributed by atoms with Gasteiger partial charge in [-0.25, -0.2) is 0 Å². The minimum Gasteiger partial charge on any atom is -0.393 e. The van der Waals surface area contributed by atoms with Gasteiger partial charge in [0.15, 0.2) is 0 Å². The minimum atomic E-state index is -0.323. The minimum absolute atomic E-state index is 0.132. The van der Waals surface area contributed by atoms with Gasteiger partial charge in [-0.05, 0) is 26.2 Å². The van der Waals surface area contributed by atoms with Crippen LogP contribution in [-0.2, 0) is 4.79 Å². The zero-order chi connectivity index (χ0) is 11.5. The standard InChI is InChI=1S/C12H23NO2/c1-10(14)6-9-13(3)11(15)12(2)7-4-5-8-12/h10,14H,4-9H2,1-3H3. The van der Waals surface area contributed by atoms with E-state index in [1.165, 1.54) is 12.8 Å². The van der Waals surface area contributed by atoms with Crippen molar-refractivity contribution < 1.29 is 9.90 Å². The van der Waals surface area contributed by atoms with Crippen molar-refractivity contribution in [3.05, 3.63) is 0 Å². The molecule has 1 rings (SSSR count). The molecule has 1 aliphatic rings. The van der Waals surface area contributed by atoms with Crippen LogP contribution in [0.2, 0.25) is 0 Å². The molecule has 88 valence electrons. The fourth-order valence-electron chi connectivity index (χ4n) is 2.31. The summed E-state index contributed by atoms with van der Waals surface area (Å²) in [6.07, 6.45) is 4.73. The molecule has 1 fully saturated rings. The quantitative estimate of drug-likeness (QED) is 0.773. The van der Waals surface area contributed by atoms with Crippen molar-refractivity contribution in [3.8, 4) is 0 Å². The molecule has 1 saturated carbocycles. The van der Waals surface area contributed by atoms with Gasteiger partial charge < -0.3 is 10.0 Å². The third kappa shape index (κ3) is 3.20. The Kier molecular flexibility index (Phi) is 4.14. The van der Waals surface area contributed by atoms with Crippen molar-refractivity contribution in [1.29, 1.82) is 0 Å². The fraction of sp³-hybridized carbons (Fsp3) is 0.917. The summed E-state index contributed by atoms with van der Waals surface area (Å²) in [7, 11) is 1.84. The Hall–Kier alpha value is -0.570. The average molecular weight is 213 g/mol. The van der Waals surface area contributed by atoms with Crippen LogP contribution in [-0.4, -0.2) is 35.6 Å². The first-order valence-corrected chi connectivity index (χ1v) is 5.89. The highest BCUT2D eigenvalue weighted by Crippen LogP contribution is 2.38. The summed E-state index contributed by atoms with van der Waals surface area (Å²) in [5, 5.41) is 9.17. The van der Waals surface area contributed by atoms with Crippen LogP contribution < -0.4 is 0 Å². The molecule has 0 bridgehead atoms. The Morgan fingerprint density at radius 3 is 2.47 bits per heavy atom. The monoisotopic (exact) mass is 213 g/mol. The van der Waals surface area contributed by atoms with Crippen LogP contribution in [0.1, 0.15) is 46.0 Å². The second-order valence-corrected chi connectivity index (χ2v) is 5.13. The lowest BCUT2D eigenvalue weighted by Gasteiger charge is -2.29. The smallest absolute Gasteiger partial charge is 0.228 e. The van der Waals surface area contributed by atoms with Crippen molar-refractivity contribution in [2.45, 2.75) is 52.1 Å². The Balaban J connectivity index is 2.44. The van der Waals surface area contributed by atoms with E-state index in [9.17, 15) is 9.90 Å². The van der Waals surface area contributed by atoms with Gasteiger partial charge in [-0.15, -0.1) is 0 Å². The van der Waals surface area contributed by atoms with Crippen LogP contribution in [0.15, 0.2) is 0 Å². The van der Waals surface area contributed by atoms with Gasteiger partial charge in [0.05, 0.1) is 6.10 Å². The summed E-state index contributed by atoms with van der Waals surface area (Å²) in [5.41, 5.74) is -0.132. The van der Waals surface area contributed by atoms with Crippen LogP contribution in [0.4, 0.5) is 0 Å². The maximum Gasteiger partial charge on any atom is 0.228 e. The molecule has 1 atom stereocenters. The maximum absolute atomic E-state index is 12.1. The molecule has 0 heterocycles. The van der Waals surface area contributed by atoms with Crippen molar-refractivity contribution in [3.63, 3.8) is 0 Å². The third-order valence-corrected chi connectivity index (χ3v) is 3.45. The molecule has 0 radical (unpaired) electrons. The first-order chi connectivity index (χ1) is 6.96. The molecule has 3 heteroatoms. The Morgan fingerprint density at radius 2 is 2.00 bits per heavy atom. The van der Waals surface area contributed by atoms with Gasteiger partial charge in [0.25, 0.3) is 0 Å². The van der Waals surface area contributed by atoms with E-state index in [-0.39, 0.29) is 17.4 Å². The molecule has 0 spiro atoms. The zero-order valence-electron chi connectivity index (χ0n) is 10.1. The van der Waals surface area contributed by atoms with Crippen LogP contribution in [0.25, 0.3) is 0 Å². The summed E-state index contributed by atoms with van der Waals surface area (Å²) in [4.78, 5) is 13.9. The number of hydrogen-bond acceptors (Lipinski definition) is 2. The SMILES string of the molecule is CC(O)CCN(C)C(=O)C1(C)CCCC1. The van der Waals surface area contributed by atoms with E-state index < -0.39 is 0 Å². The average Bonchev–Trinajstić information content (AvgIpc) is 2.61. The first kappa shape index (κ1) is 12.5. The van der Waals surface area contributed by atoms with Crippen LogP contribution >= 0.6 is 0 Å². The second kappa shape index (κ2) is 4.97. The number of hydrogen-bond donors (Lipinski definition) is 1. The maximum atomic E-state index is 12.1. The number of amides is 1. The van der Waals surface area contributed by atoms with Gasteiger partial charge in [-0.2, -0.15) is 0 Å². The number of aliphatic hydroxyl groups is 1. The molecule has 1 aliphatic carbocycles. The van der Waals surface area contributed by atoms with E-state index in [0.29, 0.717) is 13.0 Å². The van der Waals surface area contributed by atoms with Crippen molar-refractivity contribution >= 4 is 5.91 Å². The zero-order valence-corrected chi connectivity index (χ0v) is 10.1. The first-order valence-electron chi connectivity index (χ1n) is 5.89. The number of carbonyl (C=O) groups is 1. The molecule has 0 aromatic heterocycles. The largest absolute Gasteiger partial charge is 0.393 e. The molecule has 1 N–H and O–H groups in total. The molecule has 1 unspecified atom stereocenters. The molecular formula is C12H23NO2. The van der Waals surface area contributed by atoms with Crippen LogP contribution in [0, 0.1) is 5.41 Å². The van der Waals surface area contributed by atoms with Gasteiger partial charge in [-0.3, -0.25) is 4.79 Å². The fourth-order valence-corrected chi connectivity index (χ4v) is 2.31. The number of carbonyl (C=O) groups excluding carboxylic acids is 1. The topological polar surface area (TPSA) is 40.5 Å². The molecule has 0 aromatic rings. The van der Waals surface area contributed by atoms with E-state index >= 15 is 0 Å². The highest BCUT2D eigenvalue weighted by molar-refractivity contribution is 5.82. The summed E-state index contributed by atoms with van der Waals surface area (Å²) >= 11 is 0. The Labute approximate surface area is 92.5 Å². The van der Waals surface area contributed by atoms with E-state index in [0.717, 1.165) is 12.8 Å². The summed E-state index contributed by atoms with van der Waals surface area (Å²) < 4.78 is 0. The normalized spacial score (nSPS) is 21.3. The van der Waals surface area contributed by atoms with E-state index in [1.807, 2.05) is 7.05 Å². The lowest BCUT2D eigenvalue weighted by molar-refractivity contribution is -0.139. The van der Waals surface area contributed by atoms with E-state index in [1.54, 1.807) is 11.8 Å². The van der Waals surface area contributed by atoms with Gasteiger partial charge in [0.1, 0.15) is 0 Å². The van der Waals surface area contributed by atoms with E-state index in [2.05, 4.69) is 6.92 Å². The predicted octanol–water partition coefficient (Wildman–Crippen LogP) is 1.80. The summed E-state index contributed by atoms with van der Waals surface area (Å²) in [5.74, 6) is 0.251. The molecule has 15 heavy (non-hydrogen) atoms. The summed E-state index contributed by atoms with van der Waals surface area (Å²) in [6.45, 7) is 4.49. The second-order valence-electron chi connectivity index (χ2n) is 5.13. The molecule has 1 amide bonds. The predicted molar refractivity (Wildman–Crippen MR) is 60.5 cm³/mol. The number of rotatable bonds is 4. The Bertz CT molecular complexity index is 220. The molecule has 0 aliphatic heterocycles.